The lowest BCUT2D eigenvalue weighted by Gasteiger charge is -2.12. The molecule has 86 valence electrons. The van der Waals surface area contributed by atoms with Crippen LogP contribution in [0.4, 0.5) is 0 Å². The van der Waals surface area contributed by atoms with Crippen molar-refractivity contribution in [1.82, 2.24) is 0 Å². The molecule has 0 aromatic carbocycles. The van der Waals surface area contributed by atoms with Crippen LogP contribution in [0.3, 0.4) is 0 Å². The summed E-state index contributed by atoms with van der Waals surface area (Å²) in [6, 6.07) is 0. The molecule has 0 aliphatic carbocycles. The molecule has 14 heavy (non-hydrogen) atoms. The van der Waals surface area contributed by atoms with Crippen LogP contribution in [0.2, 0.25) is 0 Å². The van der Waals surface area contributed by atoms with Gasteiger partial charge in [-0.3, -0.25) is 0 Å². The molecule has 0 bridgehead atoms. The second-order valence-electron chi connectivity index (χ2n) is 2.83. The molecule has 0 aliphatic heterocycles. The molecule has 0 saturated heterocycles. The van der Waals surface area contributed by atoms with Crippen LogP contribution in [0.15, 0.2) is 0 Å². The molecule has 0 spiro atoms. The Morgan fingerprint density at radius 2 is 1.36 bits per heavy atom. The van der Waals surface area contributed by atoms with E-state index in [4.69, 9.17) is 11.2 Å². The first kappa shape index (κ1) is 15.9. The van der Waals surface area contributed by atoms with Crippen LogP contribution >= 0.6 is 0 Å². The first-order valence-electron chi connectivity index (χ1n) is 3.95. The fraction of sp³-hybridized carbons (Fsp3) is 1.00. The lowest BCUT2D eigenvalue weighted by atomic mass is 10.6. The molecule has 0 aromatic rings. The maximum absolute atomic E-state index is 4.77. The summed E-state index contributed by atoms with van der Waals surface area (Å²) >= 11 is 4.77. The maximum Gasteiger partial charge on any atom is 0.00394 e. The van der Waals surface area contributed by atoms with Gasteiger partial charge in [-0.1, -0.05) is 27.7 Å². The summed E-state index contributed by atoms with van der Waals surface area (Å²) in [5.41, 5.74) is 0. The standard InChI is InChI=1S/C6H14S8/c1-5(2)14(6(3)4)13-12-11-10-9-8-7/h5-6H,1-4H3. The Kier molecular flexibility index (Phi) is 11.4. The predicted molar refractivity (Wildman–Crippen MR) is 89.2 cm³/mol. The highest BCUT2D eigenvalue weighted by Crippen LogP contribution is 2.02. The molecule has 0 amide bonds. The van der Waals surface area contributed by atoms with E-state index in [1.165, 1.54) is 8.88 Å². The Labute approximate surface area is 111 Å². The van der Waals surface area contributed by atoms with Gasteiger partial charge in [-0.15, -0.1) is 9.45 Å². The zero-order chi connectivity index (χ0) is 11.0. The van der Waals surface area contributed by atoms with E-state index in [9.17, 15) is 0 Å². The first-order chi connectivity index (χ1) is 6.59. The third kappa shape index (κ3) is 8.09. The number of hydrogen-bond donors (Lipinski definition) is 0. The largest absolute Gasteiger partial charge is 0.116 e. The van der Waals surface area contributed by atoms with Crippen molar-refractivity contribution in [3.05, 3.63) is 0 Å². The van der Waals surface area contributed by atoms with Gasteiger partial charge in [0, 0.05) is 10.5 Å². The second-order valence-corrected chi connectivity index (χ2v) is 17.1. The molecular weight excluding hydrogens is 329 g/mol. The van der Waals surface area contributed by atoms with Crippen molar-refractivity contribution in [3.63, 3.8) is 0 Å². The van der Waals surface area contributed by atoms with E-state index in [2.05, 4.69) is 27.7 Å². The zero-order valence-electron chi connectivity index (χ0n) is 8.42. The topological polar surface area (TPSA) is 0 Å². The lowest BCUT2D eigenvalue weighted by Crippen LogP contribution is -2.14. The van der Waals surface area contributed by atoms with Gasteiger partial charge >= 0.3 is 0 Å². The quantitative estimate of drug-likeness (QED) is 0.738. The average molecular weight is 343 g/mol. The van der Waals surface area contributed by atoms with Crippen LogP contribution in [-0.2, 0) is 73.9 Å². The summed E-state index contributed by atoms with van der Waals surface area (Å²) in [6.45, 7) is 9.23. The SMILES string of the molecule is CC(C)S(=S=S=S=S=S=S=S)C(C)C. The molecule has 0 heterocycles. The Balaban J connectivity index is 5.43. The summed E-state index contributed by atoms with van der Waals surface area (Å²) in [7, 11) is 11.0. The molecule has 8 heteroatoms. The number of rotatable bonds is 2. The molecule has 0 radical (unpaired) electrons. The molecular formula is C6H14S8. The average Bonchev–Trinajstić information content (AvgIpc) is 2.09. The summed E-state index contributed by atoms with van der Waals surface area (Å²) < 4.78 is 0. The maximum atomic E-state index is 4.77. The fourth-order valence-corrected chi connectivity index (χ4v) is 19.5. The lowest BCUT2D eigenvalue weighted by molar-refractivity contribution is 1.04. The predicted octanol–water partition coefficient (Wildman–Crippen LogP) is 1.87. The van der Waals surface area contributed by atoms with Gasteiger partial charge in [-0.05, 0) is 64.5 Å². The minimum Gasteiger partial charge on any atom is -0.116 e. The summed E-state index contributed by atoms with van der Waals surface area (Å²) in [4.78, 5) is 0. The molecule has 0 unspecified atom stereocenters. The minimum atomic E-state index is 0.470. The van der Waals surface area contributed by atoms with E-state index in [0.29, 0.717) is 9.45 Å². The van der Waals surface area contributed by atoms with Crippen LogP contribution in [0.25, 0.3) is 0 Å². The monoisotopic (exact) mass is 342 g/mol. The van der Waals surface area contributed by atoms with Gasteiger partial charge in [0.15, 0.2) is 0 Å². The number of hydrogen-bond acceptors (Lipinski definition) is 1. The van der Waals surface area contributed by atoms with Gasteiger partial charge in [-0.2, -0.15) is 0 Å². The molecule has 0 nitrogen and oxygen atoms in total. The van der Waals surface area contributed by atoms with Gasteiger partial charge in [0.05, 0.1) is 0 Å². The minimum absolute atomic E-state index is 0.470. The van der Waals surface area contributed by atoms with Crippen molar-refractivity contribution >= 4 is 73.9 Å². The molecule has 0 atom stereocenters. The highest BCUT2D eigenvalue weighted by atomic mass is 33.4. The van der Waals surface area contributed by atoms with Crippen molar-refractivity contribution in [2.45, 2.75) is 38.2 Å². The Bertz CT molecular complexity index is 401. The van der Waals surface area contributed by atoms with Crippen LogP contribution in [-0.4, -0.2) is 10.5 Å². The molecule has 0 N–H and O–H groups in total. The van der Waals surface area contributed by atoms with Crippen molar-refractivity contribution in [3.8, 4) is 0 Å². The van der Waals surface area contributed by atoms with Crippen molar-refractivity contribution in [2.24, 2.45) is 0 Å². The molecule has 0 aliphatic rings. The fourth-order valence-electron chi connectivity index (χ4n) is 0.779. The van der Waals surface area contributed by atoms with Crippen LogP contribution < -0.4 is 0 Å². The van der Waals surface area contributed by atoms with Crippen molar-refractivity contribution < 1.29 is 0 Å². The van der Waals surface area contributed by atoms with Gasteiger partial charge in [-0.25, -0.2) is 0 Å². The van der Waals surface area contributed by atoms with E-state index in [0.717, 1.165) is 10.5 Å². The summed E-state index contributed by atoms with van der Waals surface area (Å²) in [6.07, 6.45) is 0. The van der Waals surface area contributed by atoms with E-state index in [1.54, 1.807) is 17.8 Å². The summed E-state index contributed by atoms with van der Waals surface area (Å²) in [5.74, 6) is 0. The Morgan fingerprint density at radius 3 is 1.79 bits per heavy atom. The van der Waals surface area contributed by atoms with E-state index >= 15 is 0 Å². The van der Waals surface area contributed by atoms with E-state index in [1.807, 2.05) is 26.6 Å². The van der Waals surface area contributed by atoms with E-state index in [-0.39, 0.29) is 0 Å². The van der Waals surface area contributed by atoms with Crippen LogP contribution in [0.5, 0.6) is 0 Å². The van der Waals surface area contributed by atoms with Crippen molar-refractivity contribution in [1.29, 1.82) is 0 Å². The molecule has 0 saturated carbocycles. The second kappa shape index (κ2) is 10.1. The van der Waals surface area contributed by atoms with Gasteiger partial charge in [0.2, 0.25) is 0 Å². The highest BCUT2D eigenvalue weighted by Gasteiger charge is 2.04. The third-order valence-corrected chi connectivity index (χ3v) is 18.5. The van der Waals surface area contributed by atoms with Gasteiger partial charge in [0.25, 0.3) is 0 Å². The Morgan fingerprint density at radius 1 is 0.857 bits per heavy atom. The van der Waals surface area contributed by atoms with Crippen LogP contribution in [0, 0.1) is 0 Å². The van der Waals surface area contributed by atoms with Gasteiger partial charge in [0.1, 0.15) is 0 Å². The smallest absolute Gasteiger partial charge is 0.00394 e. The molecule has 0 rings (SSSR count). The van der Waals surface area contributed by atoms with E-state index < -0.39 is 0 Å². The highest BCUT2D eigenvalue weighted by molar-refractivity contribution is 8.71. The first-order valence-corrected chi connectivity index (χ1v) is 14.2. The molecule has 0 aromatic heterocycles. The van der Waals surface area contributed by atoms with Crippen molar-refractivity contribution in [2.75, 3.05) is 0 Å². The molecule has 0 fully saturated rings. The zero-order valence-corrected chi connectivity index (χ0v) is 15.0. The third-order valence-electron chi connectivity index (χ3n) is 1.15. The normalized spacial score (nSPS) is 10.2. The van der Waals surface area contributed by atoms with Gasteiger partial charge < -0.3 is 0 Å². The summed E-state index contributed by atoms with van der Waals surface area (Å²) in [5, 5.41) is 1.55. The Hall–Kier alpha value is 1.89. The van der Waals surface area contributed by atoms with Crippen LogP contribution in [0.1, 0.15) is 27.7 Å².